The van der Waals surface area contributed by atoms with Crippen LogP contribution in [0.15, 0.2) is 18.2 Å². The van der Waals surface area contributed by atoms with Crippen molar-refractivity contribution >= 4 is 0 Å². The lowest BCUT2D eigenvalue weighted by Gasteiger charge is -2.31. The number of fused-ring (bicyclic) bond motifs is 1. The number of benzene rings is 1. The van der Waals surface area contributed by atoms with Crippen LogP contribution < -0.4 is 14.8 Å². The van der Waals surface area contributed by atoms with E-state index in [0.29, 0.717) is 19.3 Å². The van der Waals surface area contributed by atoms with E-state index >= 15 is 0 Å². The molecule has 3 rings (SSSR count). The van der Waals surface area contributed by atoms with Crippen LogP contribution in [0.3, 0.4) is 0 Å². The van der Waals surface area contributed by atoms with E-state index in [2.05, 4.69) is 11.4 Å². The van der Waals surface area contributed by atoms with Crippen LogP contribution in [0.4, 0.5) is 0 Å². The summed E-state index contributed by atoms with van der Waals surface area (Å²) >= 11 is 0. The molecule has 0 amide bonds. The molecule has 1 atom stereocenters. The van der Waals surface area contributed by atoms with E-state index < -0.39 is 0 Å². The minimum atomic E-state index is 0.464. The fourth-order valence-corrected chi connectivity index (χ4v) is 1.92. The van der Waals surface area contributed by atoms with Gasteiger partial charge in [0.1, 0.15) is 13.2 Å². The Balaban J connectivity index is 2.01. The van der Waals surface area contributed by atoms with Crippen LogP contribution in [-0.2, 0) is 0 Å². The lowest BCUT2D eigenvalue weighted by atomic mass is 9.96. The highest BCUT2D eigenvalue weighted by Gasteiger charge is 2.25. The van der Waals surface area contributed by atoms with Gasteiger partial charge in [-0.05, 0) is 19.0 Å². The first-order valence-corrected chi connectivity index (χ1v) is 5.07. The monoisotopic (exact) mass is 191 g/mol. The lowest BCUT2D eigenvalue weighted by molar-refractivity contribution is 0.167. The van der Waals surface area contributed by atoms with E-state index in [9.17, 15) is 0 Å². The maximum Gasteiger partial charge on any atom is 0.166 e. The molecule has 0 spiro atoms. The Bertz CT molecular complexity index is 347. The van der Waals surface area contributed by atoms with Crippen molar-refractivity contribution in [1.29, 1.82) is 0 Å². The molecule has 0 aromatic heterocycles. The standard InChI is InChI=1S/C11H13NO2/c1-2-8(9-4-5-12-9)11-10(3-1)13-6-7-14-11/h1-3,9,12H,4-7H2. The highest BCUT2D eigenvalue weighted by Crippen LogP contribution is 2.39. The van der Waals surface area contributed by atoms with Gasteiger partial charge in [-0.15, -0.1) is 0 Å². The molecule has 1 N–H and O–H groups in total. The van der Waals surface area contributed by atoms with E-state index in [-0.39, 0.29) is 0 Å². The number of nitrogens with one attached hydrogen (secondary N) is 1. The van der Waals surface area contributed by atoms with Gasteiger partial charge in [0.05, 0.1) is 0 Å². The van der Waals surface area contributed by atoms with Crippen LogP contribution in [0.25, 0.3) is 0 Å². The Morgan fingerprint density at radius 3 is 2.86 bits per heavy atom. The van der Waals surface area contributed by atoms with Gasteiger partial charge in [-0.2, -0.15) is 0 Å². The van der Waals surface area contributed by atoms with Gasteiger partial charge < -0.3 is 14.8 Å². The molecular weight excluding hydrogens is 178 g/mol. The number of rotatable bonds is 1. The van der Waals surface area contributed by atoms with E-state index in [1.807, 2.05) is 12.1 Å². The van der Waals surface area contributed by atoms with Crippen LogP contribution >= 0.6 is 0 Å². The fraction of sp³-hybridized carbons (Fsp3) is 0.455. The summed E-state index contributed by atoms with van der Waals surface area (Å²) in [5.41, 5.74) is 1.24. The van der Waals surface area contributed by atoms with E-state index in [1.165, 1.54) is 12.0 Å². The maximum atomic E-state index is 5.65. The average molecular weight is 191 g/mol. The van der Waals surface area contributed by atoms with Gasteiger partial charge >= 0.3 is 0 Å². The van der Waals surface area contributed by atoms with Crippen LogP contribution in [0.5, 0.6) is 11.5 Å². The maximum absolute atomic E-state index is 5.65. The second kappa shape index (κ2) is 3.17. The Labute approximate surface area is 83.0 Å². The van der Waals surface area contributed by atoms with Crippen molar-refractivity contribution in [2.75, 3.05) is 19.8 Å². The van der Waals surface area contributed by atoms with Crippen LogP contribution in [0.2, 0.25) is 0 Å². The molecule has 14 heavy (non-hydrogen) atoms. The molecule has 1 unspecified atom stereocenters. The molecule has 1 fully saturated rings. The average Bonchev–Trinajstić information content (AvgIpc) is 2.16. The molecule has 2 aliphatic heterocycles. The van der Waals surface area contributed by atoms with Crippen molar-refractivity contribution in [3.05, 3.63) is 23.8 Å². The molecule has 3 heteroatoms. The van der Waals surface area contributed by atoms with Crippen molar-refractivity contribution in [1.82, 2.24) is 5.32 Å². The van der Waals surface area contributed by atoms with Gasteiger partial charge in [-0.3, -0.25) is 0 Å². The largest absolute Gasteiger partial charge is 0.486 e. The minimum Gasteiger partial charge on any atom is -0.486 e. The highest BCUT2D eigenvalue weighted by molar-refractivity contribution is 5.49. The summed E-state index contributed by atoms with van der Waals surface area (Å²) < 4.78 is 11.2. The van der Waals surface area contributed by atoms with Gasteiger partial charge in [-0.1, -0.05) is 12.1 Å². The second-order valence-corrected chi connectivity index (χ2v) is 3.67. The number of hydrogen-bond donors (Lipinski definition) is 1. The molecular formula is C11H13NO2. The summed E-state index contributed by atoms with van der Waals surface area (Å²) in [6, 6.07) is 6.58. The smallest absolute Gasteiger partial charge is 0.166 e. The van der Waals surface area contributed by atoms with Gasteiger partial charge in [0, 0.05) is 11.6 Å². The van der Waals surface area contributed by atoms with E-state index in [1.54, 1.807) is 0 Å². The molecule has 2 aliphatic rings. The van der Waals surface area contributed by atoms with Gasteiger partial charge in [0.25, 0.3) is 0 Å². The molecule has 1 aromatic rings. The molecule has 1 saturated heterocycles. The third-order valence-corrected chi connectivity index (χ3v) is 2.80. The molecule has 1 aromatic carbocycles. The van der Waals surface area contributed by atoms with Crippen molar-refractivity contribution in [2.45, 2.75) is 12.5 Å². The Morgan fingerprint density at radius 1 is 1.21 bits per heavy atom. The first kappa shape index (κ1) is 8.12. The molecule has 0 bridgehead atoms. The Hall–Kier alpha value is -1.22. The number of para-hydroxylation sites is 1. The summed E-state index contributed by atoms with van der Waals surface area (Å²) in [6.45, 7) is 2.43. The predicted molar refractivity (Wildman–Crippen MR) is 52.8 cm³/mol. The van der Waals surface area contributed by atoms with Crippen molar-refractivity contribution in [3.63, 3.8) is 0 Å². The Morgan fingerprint density at radius 2 is 2.07 bits per heavy atom. The zero-order valence-corrected chi connectivity index (χ0v) is 7.95. The molecule has 3 nitrogen and oxygen atoms in total. The molecule has 0 aliphatic carbocycles. The topological polar surface area (TPSA) is 30.5 Å². The highest BCUT2D eigenvalue weighted by atomic mass is 16.6. The summed E-state index contributed by atoms with van der Waals surface area (Å²) in [5, 5.41) is 3.38. The van der Waals surface area contributed by atoms with E-state index in [0.717, 1.165) is 18.0 Å². The normalized spacial score (nSPS) is 24.1. The van der Waals surface area contributed by atoms with Gasteiger partial charge in [0.2, 0.25) is 0 Å². The summed E-state index contributed by atoms with van der Waals surface area (Å²) in [7, 11) is 0. The SMILES string of the molecule is c1cc2c(c(C3CCN3)c1)OCCO2. The summed E-state index contributed by atoms with van der Waals surface area (Å²) in [5.74, 6) is 1.83. The molecule has 74 valence electrons. The Kier molecular flexibility index (Phi) is 1.84. The van der Waals surface area contributed by atoms with Crippen LogP contribution in [-0.4, -0.2) is 19.8 Å². The van der Waals surface area contributed by atoms with Crippen LogP contribution in [0.1, 0.15) is 18.0 Å². The summed E-state index contributed by atoms with van der Waals surface area (Å²) in [4.78, 5) is 0. The van der Waals surface area contributed by atoms with E-state index in [4.69, 9.17) is 9.47 Å². The zero-order chi connectivity index (χ0) is 9.38. The molecule has 2 heterocycles. The number of hydrogen-bond acceptors (Lipinski definition) is 3. The zero-order valence-electron chi connectivity index (χ0n) is 7.95. The quantitative estimate of drug-likeness (QED) is 0.729. The van der Waals surface area contributed by atoms with Gasteiger partial charge in [0.15, 0.2) is 11.5 Å². The summed E-state index contributed by atoms with van der Waals surface area (Å²) in [6.07, 6.45) is 1.19. The minimum absolute atomic E-state index is 0.464. The number of ether oxygens (including phenoxy) is 2. The van der Waals surface area contributed by atoms with Crippen molar-refractivity contribution in [2.24, 2.45) is 0 Å². The third-order valence-electron chi connectivity index (χ3n) is 2.80. The predicted octanol–water partition coefficient (Wildman–Crippen LogP) is 1.49. The fourth-order valence-electron chi connectivity index (χ4n) is 1.92. The first-order chi connectivity index (χ1) is 6.95. The van der Waals surface area contributed by atoms with Crippen molar-refractivity contribution < 1.29 is 9.47 Å². The molecule has 0 saturated carbocycles. The second-order valence-electron chi connectivity index (χ2n) is 3.67. The lowest BCUT2D eigenvalue weighted by Crippen LogP contribution is -2.35. The molecule has 0 radical (unpaired) electrons. The van der Waals surface area contributed by atoms with Crippen LogP contribution in [0, 0.1) is 0 Å². The van der Waals surface area contributed by atoms with Gasteiger partial charge in [-0.25, -0.2) is 0 Å². The first-order valence-electron chi connectivity index (χ1n) is 5.07. The third kappa shape index (κ3) is 1.16. The van der Waals surface area contributed by atoms with Crippen molar-refractivity contribution in [3.8, 4) is 11.5 Å².